The molecule has 54 heavy (non-hydrogen) atoms. The smallest absolute Gasteiger partial charge is 0.251 e. The third kappa shape index (κ3) is 13.3. The summed E-state index contributed by atoms with van der Waals surface area (Å²) in [6.07, 6.45) is 2.90. The number of anilines is 2. The van der Waals surface area contributed by atoms with Crippen LogP contribution in [0.1, 0.15) is 27.2 Å². The standard InChI is InChI=1S/C37H41Cl2N5O6.4ClH/c1-24-21-31(44(17-19-48-4)18-20-49-5)27-7-6-8-32(36(27)42-24)50-23-28-29(38)14-15-30(35(28)39)43(3)34(46)22-41-33(45)16-11-25-9-12-26(13-10-25)37(47)40-2;;;;/h6-16,21H,17-20,22-23H2,1-5H3,(H,40,47)(H,41,45);4*1H/b16-11+;;;;. The molecular formula is C37H45Cl6N5O6. The number of hydrogen-bond donors (Lipinski definition) is 2. The van der Waals surface area contributed by atoms with Crippen molar-refractivity contribution in [3.8, 4) is 5.75 Å². The van der Waals surface area contributed by atoms with E-state index < -0.39 is 11.8 Å². The first-order valence-electron chi connectivity index (χ1n) is 15.8. The number of ether oxygens (including phenoxy) is 3. The predicted molar refractivity (Wildman–Crippen MR) is 228 cm³/mol. The molecule has 0 aliphatic carbocycles. The molecule has 0 unspecified atom stereocenters. The molecule has 2 N–H and O–H groups in total. The number of methoxy groups -OCH3 is 2. The van der Waals surface area contributed by atoms with Gasteiger partial charge in [-0.3, -0.25) is 14.4 Å². The lowest BCUT2D eigenvalue weighted by atomic mass is 10.1. The summed E-state index contributed by atoms with van der Waals surface area (Å²) in [5, 5.41) is 6.67. The van der Waals surface area contributed by atoms with Gasteiger partial charge in [-0.2, -0.15) is 0 Å². The molecule has 3 aromatic carbocycles. The Morgan fingerprint density at radius 3 is 2.15 bits per heavy atom. The molecule has 1 heterocycles. The van der Waals surface area contributed by atoms with Crippen molar-refractivity contribution in [2.45, 2.75) is 13.5 Å². The van der Waals surface area contributed by atoms with E-state index in [2.05, 4.69) is 15.5 Å². The maximum atomic E-state index is 13.1. The minimum Gasteiger partial charge on any atom is -0.487 e. The van der Waals surface area contributed by atoms with Gasteiger partial charge in [-0.1, -0.05) is 47.5 Å². The van der Waals surface area contributed by atoms with Gasteiger partial charge in [0.05, 0.1) is 30.5 Å². The minimum atomic E-state index is -0.457. The Hall–Kier alpha value is -3.52. The van der Waals surface area contributed by atoms with Crippen LogP contribution in [0.4, 0.5) is 11.4 Å². The number of aromatic nitrogens is 1. The average Bonchev–Trinajstić information content (AvgIpc) is 3.12. The van der Waals surface area contributed by atoms with Crippen LogP contribution in [0.25, 0.3) is 17.0 Å². The number of para-hydroxylation sites is 1. The number of nitrogens with one attached hydrogen (secondary N) is 2. The third-order valence-corrected chi connectivity index (χ3v) is 8.67. The van der Waals surface area contributed by atoms with Crippen LogP contribution >= 0.6 is 72.8 Å². The van der Waals surface area contributed by atoms with Gasteiger partial charge < -0.3 is 34.6 Å². The summed E-state index contributed by atoms with van der Waals surface area (Å²) in [5.74, 6) is -0.509. The fraction of sp³-hybridized carbons (Fsp3) is 0.297. The topological polar surface area (TPSA) is 122 Å². The molecule has 0 saturated heterocycles. The molecule has 0 aliphatic rings. The summed E-state index contributed by atoms with van der Waals surface area (Å²) in [6, 6.07) is 17.8. The highest BCUT2D eigenvalue weighted by atomic mass is 35.5. The Bertz CT molecular complexity index is 1860. The second-order valence-corrected chi connectivity index (χ2v) is 12.0. The monoisotopic (exact) mass is 865 g/mol. The number of nitrogens with zero attached hydrogens (tertiary/aromatic N) is 3. The number of halogens is 6. The van der Waals surface area contributed by atoms with Crippen LogP contribution in [0.2, 0.25) is 10.0 Å². The zero-order valence-corrected chi connectivity index (χ0v) is 35.1. The van der Waals surface area contributed by atoms with Crippen LogP contribution in [0, 0.1) is 6.92 Å². The highest BCUT2D eigenvalue weighted by Crippen LogP contribution is 2.37. The summed E-state index contributed by atoms with van der Waals surface area (Å²) in [7, 11) is 6.47. The van der Waals surface area contributed by atoms with Gasteiger partial charge in [-0.25, -0.2) is 4.98 Å². The highest BCUT2D eigenvalue weighted by Gasteiger charge is 2.20. The molecule has 0 bridgehead atoms. The van der Waals surface area contributed by atoms with Crippen molar-refractivity contribution in [1.29, 1.82) is 0 Å². The Kier molecular flexibility index (Phi) is 23.2. The van der Waals surface area contributed by atoms with Crippen molar-refractivity contribution in [1.82, 2.24) is 15.6 Å². The Labute approximate surface area is 350 Å². The molecular weight excluding hydrogens is 823 g/mol. The average molecular weight is 869 g/mol. The zero-order chi connectivity index (χ0) is 36.2. The molecule has 11 nitrogen and oxygen atoms in total. The molecule has 0 aliphatic heterocycles. The van der Waals surface area contributed by atoms with Crippen molar-refractivity contribution in [3.63, 3.8) is 0 Å². The van der Waals surface area contributed by atoms with Crippen molar-refractivity contribution in [3.05, 3.63) is 99.2 Å². The van der Waals surface area contributed by atoms with E-state index in [0.29, 0.717) is 59.4 Å². The Morgan fingerprint density at radius 1 is 0.889 bits per heavy atom. The van der Waals surface area contributed by atoms with Gasteiger partial charge in [0.1, 0.15) is 17.9 Å². The van der Waals surface area contributed by atoms with Gasteiger partial charge in [0.25, 0.3) is 5.91 Å². The third-order valence-electron chi connectivity index (χ3n) is 7.89. The Morgan fingerprint density at radius 2 is 1.54 bits per heavy atom. The van der Waals surface area contributed by atoms with E-state index in [1.54, 1.807) is 70.8 Å². The van der Waals surface area contributed by atoms with Crippen LogP contribution < -0.4 is 25.2 Å². The van der Waals surface area contributed by atoms with E-state index in [1.807, 2.05) is 31.2 Å². The second-order valence-electron chi connectivity index (χ2n) is 11.3. The molecule has 0 spiro atoms. The summed E-state index contributed by atoms with van der Waals surface area (Å²) in [6.45, 7) is 4.12. The van der Waals surface area contributed by atoms with Crippen molar-refractivity contribution >= 4 is 119 Å². The number of fused-ring (bicyclic) bond motifs is 1. The molecule has 3 amide bonds. The summed E-state index contributed by atoms with van der Waals surface area (Å²) < 4.78 is 17.0. The highest BCUT2D eigenvalue weighted by molar-refractivity contribution is 6.38. The second kappa shape index (κ2) is 24.8. The van der Waals surface area contributed by atoms with Gasteiger partial charge in [0.15, 0.2) is 0 Å². The summed E-state index contributed by atoms with van der Waals surface area (Å²) in [5.41, 5.74) is 4.62. The molecule has 1 aromatic heterocycles. The number of rotatable bonds is 16. The number of pyridine rings is 1. The fourth-order valence-corrected chi connectivity index (χ4v) is 5.73. The van der Waals surface area contributed by atoms with Gasteiger partial charge >= 0.3 is 0 Å². The van der Waals surface area contributed by atoms with E-state index in [-0.39, 0.29) is 73.7 Å². The van der Waals surface area contributed by atoms with Crippen molar-refractivity contribution in [2.75, 3.05) is 71.0 Å². The van der Waals surface area contributed by atoms with E-state index in [9.17, 15) is 14.4 Å². The number of likely N-dealkylation sites (N-methyl/N-ethyl adjacent to an activating group) is 1. The van der Waals surface area contributed by atoms with Crippen LogP contribution in [0.3, 0.4) is 0 Å². The lowest BCUT2D eigenvalue weighted by Gasteiger charge is -2.26. The van der Waals surface area contributed by atoms with Gasteiger partial charge in [0.2, 0.25) is 11.8 Å². The van der Waals surface area contributed by atoms with Crippen molar-refractivity contribution in [2.24, 2.45) is 0 Å². The number of hydrogen-bond acceptors (Lipinski definition) is 8. The molecule has 4 rings (SSSR count). The quantitative estimate of drug-likeness (QED) is 0.112. The molecule has 0 fully saturated rings. The maximum Gasteiger partial charge on any atom is 0.251 e. The first kappa shape index (κ1) is 50.5. The molecule has 0 saturated carbocycles. The minimum absolute atomic E-state index is 0. The SMILES string of the molecule is CNC(=O)c1ccc(/C=C/C(=O)NCC(=O)N(C)c2ccc(Cl)c(COc3cccc4c(N(CCOC)CCOC)cc(C)nc34)c2Cl)cc1.Cl.Cl.Cl.Cl. The lowest BCUT2D eigenvalue weighted by Crippen LogP contribution is -2.37. The van der Waals surface area contributed by atoms with Crippen LogP contribution in [0.15, 0.2) is 66.7 Å². The van der Waals surface area contributed by atoms with Gasteiger partial charge in [0, 0.05) is 80.4 Å². The van der Waals surface area contributed by atoms with Crippen LogP contribution in [0.5, 0.6) is 5.75 Å². The first-order valence-corrected chi connectivity index (χ1v) is 16.6. The predicted octanol–water partition coefficient (Wildman–Crippen LogP) is 7.37. The lowest BCUT2D eigenvalue weighted by molar-refractivity contribution is -0.122. The van der Waals surface area contributed by atoms with Crippen LogP contribution in [-0.2, 0) is 25.7 Å². The first-order chi connectivity index (χ1) is 24.1. The number of carbonyl (C=O) groups excluding carboxylic acids is 3. The van der Waals surface area contributed by atoms with E-state index in [1.165, 1.54) is 11.0 Å². The van der Waals surface area contributed by atoms with E-state index in [0.717, 1.165) is 22.3 Å². The molecule has 0 atom stereocenters. The van der Waals surface area contributed by atoms with Gasteiger partial charge in [-0.05, 0) is 55.0 Å². The van der Waals surface area contributed by atoms with Crippen molar-refractivity contribution < 1.29 is 28.6 Å². The Balaban J connectivity index is 0.00000702. The number of benzene rings is 3. The van der Waals surface area contributed by atoms with E-state index in [4.69, 9.17) is 42.4 Å². The fourth-order valence-electron chi connectivity index (χ4n) is 5.13. The van der Waals surface area contributed by atoms with Gasteiger partial charge in [-0.15, -0.1) is 49.6 Å². The number of carbonyl (C=O) groups is 3. The zero-order valence-electron chi connectivity index (χ0n) is 30.4. The molecule has 17 heteroatoms. The maximum absolute atomic E-state index is 13.1. The molecule has 4 aromatic rings. The largest absolute Gasteiger partial charge is 0.487 e. The molecule has 0 radical (unpaired) electrons. The number of aryl methyl sites for hydroxylation is 1. The normalized spacial score (nSPS) is 10.3. The van der Waals surface area contributed by atoms with E-state index >= 15 is 0 Å². The summed E-state index contributed by atoms with van der Waals surface area (Å²) >= 11 is 13.4. The molecule has 296 valence electrons. The van der Waals surface area contributed by atoms with Crippen LogP contribution in [-0.4, -0.2) is 83.9 Å². The number of amides is 3. The summed E-state index contributed by atoms with van der Waals surface area (Å²) in [4.78, 5) is 45.6.